The van der Waals surface area contributed by atoms with Crippen molar-refractivity contribution in [2.45, 2.75) is 12.5 Å². The van der Waals surface area contributed by atoms with E-state index in [-0.39, 0.29) is 11.5 Å². The number of aromatic nitrogens is 3. The third kappa shape index (κ3) is 2.70. The van der Waals surface area contributed by atoms with Crippen LogP contribution in [0.25, 0.3) is 11.5 Å². The summed E-state index contributed by atoms with van der Waals surface area (Å²) in [6.07, 6.45) is 3.85. The molecule has 2 saturated heterocycles. The van der Waals surface area contributed by atoms with Gasteiger partial charge in [0, 0.05) is 44.0 Å². The molecule has 2 aliphatic rings. The molecule has 8 heteroatoms. The van der Waals surface area contributed by atoms with E-state index >= 15 is 0 Å². The van der Waals surface area contributed by atoms with E-state index in [1.807, 2.05) is 6.07 Å². The van der Waals surface area contributed by atoms with Crippen LogP contribution in [0.4, 0.5) is 0 Å². The maximum atomic E-state index is 12.7. The molecule has 0 radical (unpaired) electrons. The van der Waals surface area contributed by atoms with E-state index in [2.05, 4.69) is 25.8 Å². The molecule has 4 heterocycles. The predicted octanol–water partition coefficient (Wildman–Crippen LogP) is -0.230. The molecule has 4 rings (SSSR count). The molecule has 2 unspecified atom stereocenters. The van der Waals surface area contributed by atoms with Crippen LogP contribution in [0.15, 0.2) is 35.4 Å². The summed E-state index contributed by atoms with van der Waals surface area (Å²) >= 11 is 0. The van der Waals surface area contributed by atoms with Gasteiger partial charge in [-0.2, -0.15) is 0 Å². The SMILES string of the molecule is O=C(c1cnc(-c2ccccn2)[nH]c1=O)N1CCC2NNCC2C1. The first-order valence-electron chi connectivity index (χ1n) is 8.01. The van der Waals surface area contributed by atoms with Gasteiger partial charge in [-0.1, -0.05) is 6.07 Å². The van der Waals surface area contributed by atoms with Crippen molar-refractivity contribution in [1.29, 1.82) is 0 Å². The fraction of sp³-hybridized carbons (Fsp3) is 0.375. The van der Waals surface area contributed by atoms with Crippen LogP contribution in [0, 0.1) is 5.92 Å². The summed E-state index contributed by atoms with van der Waals surface area (Å²) in [6.45, 7) is 2.11. The highest BCUT2D eigenvalue weighted by molar-refractivity contribution is 5.93. The molecule has 3 N–H and O–H groups in total. The van der Waals surface area contributed by atoms with Crippen LogP contribution in [0.5, 0.6) is 0 Å². The van der Waals surface area contributed by atoms with Gasteiger partial charge in [-0.25, -0.2) is 4.98 Å². The van der Waals surface area contributed by atoms with Crippen LogP contribution < -0.4 is 16.4 Å². The van der Waals surface area contributed by atoms with Crippen LogP contribution in [-0.2, 0) is 0 Å². The Balaban J connectivity index is 1.56. The van der Waals surface area contributed by atoms with Crippen molar-refractivity contribution < 1.29 is 4.79 Å². The van der Waals surface area contributed by atoms with Crippen LogP contribution in [-0.4, -0.2) is 51.4 Å². The Morgan fingerprint density at radius 2 is 2.21 bits per heavy atom. The number of fused-ring (bicyclic) bond motifs is 1. The molecule has 2 aliphatic heterocycles. The van der Waals surface area contributed by atoms with Gasteiger partial charge in [0.15, 0.2) is 5.82 Å². The normalized spacial score (nSPS) is 23.1. The van der Waals surface area contributed by atoms with Gasteiger partial charge in [-0.05, 0) is 18.6 Å². The zero-order valence-electron chi connectivity index (χ0n) is 13.0. The van der Waals surface area contributed by atoms with E-state index < -0.39 is 5.56 Å². The lowest BCUT2D eigenvalue weighted by Crippen LogP contribution is -2.48. The van der Waals surface area contributed by atoms with Crippen molar-refractivity contribution >= 4 is 5.91 Å². The number of amides is 1. The largest absolute Gasteiger partial charge is 0.338 e. The number of nitrogens with one attached hydrogen (secondary N) is 3. The molecule has 0 aliphatic carbocycles. The number of carbonyl (C=O) groups is 1. The van der Waals surface area contributed by atoms with Crippen molar-refractivity contribution in [3.05, 3.63) is 46.5 Å². The Kier molecular flexibility index (Phi) is 3.83. The van der Waals surface area contributed by atoms with Crippen molar-refractivity contribution in [1.82, 2.24) is 30.7 Å². The highest BCUT2D eigenvalue weighted by Gasteiger charge is 2.35. The quantitative estimate of drug-likeness (QED) is 0.704. The molecule has 0 saturated carbocycles. The molecule has 24 heavy (non-hydrogen) atoms. The summed E-state index contributed by atoms with van der Waals surface area (Å²) in [5.41, 5.74) is 6.56. The maximum absolute atomic E-state index is 12.7. The Labute approximate surface area is 138 Å². The lowest BCUT2D eigenvalue weighted by Gasteiger charge is -2.33. The fourth-order valence-electron chi connectivity index (χ4n) is 3.29. The summed E-state index contributed by atoms with van der Waals surface area (Å²) in [6, 6.07) is 5.76. The standard InChI is InChI=1S/C16H18N6O2/c23-15-11(8-18-14(20-15)13-3-1-2-5-17-13)16(24)22-6-4-12-10(9-22)7-19-21-12/h1-3,5,8,10,12,19,21H,4,6-7,9H2,(H,18,20,23). The highest BCUT2D eigenvalue weighted by Crippen LogP contribution is 2.20. The second kappa shape index (κ2) is 6.14. The lowest BCUT2D eigenvalue weighted by atomic mass is 9.94. The lowest BCUT2D eigenvalue weighted by molar-refractivity contribution is 0.0666. The zero-order valence-corrected chi connectivity index (χ0v) is 13.0. The van der Waals surface area contributed by atoms with E-state index in [0.29, 0.717) is 36.6 Å². The number of likely N-dealkylation sites (tertiary alicyclic amines) is 1. The van der Waals surface area contributed by atoms with Crippen molar-refractivity contribution in [2.24, 2.45) is 5.92 Å². The number of hydrazine groups is 1. The first-order chi connectivity index (χ1) is 11.7. The van der Waals surface area contributed by atoms with Crippen LogP contribution in [0.2, 0.25) is 0 Å². The minimum atomic E-state index is -0.430. The van der Waals surface area contributed by atoms with Crippen molar-refractivity contribution in [3.63, 3.8) is 0 Å². The number of piperidine rings is 1. The molecule has 2 aromatic rings. The highest BCUT2D eigenvalue weighted by atomic mass is 16.2. The molecular weight excluding hydrogens is 308 g/mol. The van der Waals surface area contributed by atoms with Crippen molar-refractivity contribution in [3.8, 4) is 11.5 Å². The average molecular weight is 326 g/mol. The summed E-state index contributed by atoms with van der Waals surface area (Å²) in [5, 5.41) is 0. The number of pyridine rings is 1. The Bertz CT molecular complexity index is 806. The van der Waals surface area contributed by atoms with Gasteiger partial charge in [0.25, 0.3) is 11.5 Å². The molecule has 0 aromatic carbocycles. The Morgan fingerprint density at radius 3 is 3.00 bits per heavy atom. The average Bonchev–Trinajstić information content (AvgIpc) is 3.09. The maximum Gasteiger partial charge on any atom is 0.264 e. The fourth-order valence-corrected chi connectivity index (χ4v) is 3.29. The minimum Gasteiger partial charge on any atom is -0.338 e. The zero-order chi connectivity index (χ0) is 16.5. The van der Waals surface area contributed by atoms with Crippen LogP contribution in [0.1, 0.15) is 16.8 Å². The first-order valence-corrected chi connectivity index (χ1v) is 8.01. The van der Waals surface area contributed by atoms with E-state index in [4.69, 9.17) is 0 Å². The number of H-pyrrole nitrogens is 1. The summed E-state index contributed by atoms with van der Waals surface area (Å²) < 4.78 is 0. The van der Waals surface area contributed by atoms with Gasteiger partial charge in [0.1, 0.15) is 11.3 Å². The molecule has 0 bridgehead atoms. The molecular formula is C16H18N6O2. The van der Waals surface area contributed by atoms with Gasteiger partial charge in [-0.15, -0.1) is 0 Å². The van der Waals surface area contributed by atoms with Crippen LogP contribution >= 0.6 is 0 Å². The van der Waals surface area contributed by atoms with Crippen molar-refractivity contribution in [2.75, 3.05) is 19.6 Å². The summed E-state index contributed by atoms with van der Waals surface area (Å²) in [4.78, 5) is 37.7. The van der Waals surface area contributed by atoms with Gasteiger partial charge < -0.3 is 9.88 Å². The van der Waals surface area contributed by atoms with Crippen LogP contribution in [0.3, 0.4) is 0 Å². The first kappa shape index (κ1) is 15.0. The third-order valence-electron chi connectivity index (χ3n) is 4.61. The Morgan fingerprint density at radius 1 is 1.29 bits per heavy atom. The third-order valence-corrected chi connectivity index (χ3v) is 4.61. The number of hydrogen-bond donors (Lipinski definition) is 3. The number of hydrogen-bond acceptors (Lipinski definition) is 6. The molecule has 124 valence electrons. The van der Waals surface area contributed by atoms with E-state index in [0.717, 1.165) is 13.0 Å². The van der Waals surface area contributed by atoms with Gasteiger partial charge in [0.05, 0.1) is 0 Å². The smallest absolute Gasteiger partial charge is 0.264 e. The van der Waals surface area contributed by atoms with Gasteiger partial charge >= 0.3 is 0 Å². The molecule has 8 nitrogen and oxygen atoms in total. The molecule has 2 fully saturated rings. The number of carbonyl (C=O) groups excluding carboxylic acids is 1. The topological polar surface area (TPSA) is 103 Å². The minimum absolute atomic E-state index is 0.0760. The number of rotatable bonds is 2. The molecule has 1 amide bonds. The molecule has 0 spiro atoms. The second-order valence-corrected chi connectivity index (χ2v) is 6.12. The van der Waals surface area contributed by atoms with E-state index in [1.165, 1.54) is 6.20 Å². The molecule has 2 atom stereocenters. The van der Waals surface area contributed by atoms with Gasteiger partial charge in [0.2, 0.25) is 0 Å². The van der Waals surface area contributed by atoms with E-state index in [1.54, 1.807) is 23.2 Å². The molecule has 2 aromatic heterocycles. The summed E-state index contributed by atoms with van der Waals surface area (Å²) in [7, 11) is 0. The Hall–Kier alpha value is -2.58. The number of nitrogens with zero attached hydrogens (tertiary/aromatic N) is 3. The second-order valence-electron chi connectivity index (χ2n) is 6.12. The summed E-state index contributed by atoms with van der Waals surface area (Å²) in [5.74, 6) is 0.476. The van der Waals surface area contributed by atoms with Gasteiger partial charge in [-0.3, -0.25) is 25.4 Å². The predicted molar refractivity (Wildman–Crippen MR) is 87.0 cm³/mol. The monoisotopic (exact) mass is 326 g/mol. The van der Waals surface area contributed by atoms with E-state index in [9.17, 15) is 9.59 Å². The number of aromatic amines is 1.